The lowest BCUT2D eigenvalue weighted by atomic mass is 10.3. The van der Waals surface area contributed by atoms with E-state index < -0.39 is 5.97 Å². The first kappa shape index (κ1) is 13.2. The minimum absolute atomic E-state index is 0.194. The highest BCUT2D eigenvalue weighted by atomic mass is 16.5. The summed E-state index contributed by atoms with van der Waals surface area (Å²) in [5.74, 6) is 0.174. The smallest absolute Gasteiger partial charge is 0.360 e. The molecular formula is C13H16N4O2. The first-order valence-corrected chi connectivity index (χ1v) is 6.23. The van der Waals surface area contributed by atoms with Gasteiger partial charge in [-0.05, 0) is 31.0 Å². The molecule has 0 amide bonds. The van der Waals surface area contributed by atoms with E-state index in [4.69, 9.17) is 4.74 Å². The van der Waals surface area contributed by atoms with Gasteiger partial charge in [0.05, 0.1) is 12.8 Å². The highest BCUT2D eigenvalue weighted by Crippen LogP contribution is 2.06. The maximum absolute atomic E-state index is 11.7. The van der Waals surface area contributed by atoms with E-state index in [1.54, 1.807) is 6.20 Å². The monoisotopic (exact) mass is 260 g/mol. The van der Waals surface area contributed by atoms with Gasteiger partial charge in [-0.2, -0.15) is 0 Å². The van der Waals surface area contributed by atoms with Crippen molar-refractivity contribution in [3.8, 4) is 5.82 Å². The van der Waals surface area contributed by atoms with Crippen LogP contribution in [-0.4, -0.2) is 32.6 Å². The summed E-state index contributed by atoms with van der Waals surface area (Å²) in [6.45, 7) is 4.40. The number of hydrogen-bond acceptors (Lipinski definition) is 5. The lowest BCUT2D eigenvalue weighted by Gasteiger charge is -2.00. The number of carbonyl (C=O) groups is 1. The van der Waals surface area contributed by atoms with Crippen LogP contribution in [0.2, 0.25) is 0 Å². The van der Waals surface area contributed by atoms with E-state index >= 15 is 0 Å². The van der Waals surface area contributed by atoms with Crippen LogP contribution >= 0.6 is 0 Å². The number of hydrogen-bond donors (Lipinski definition) is 0. The topological polar surface area (TPSA) is 69.9 Å². The van der Waals surface area contributed by atoms with Crippen LogP contribution in [0.1, 0.15) is 35.8 Å². The predicted molar refractivity (Wildman–Crippen MR) is 69.1 cm³/mol. The number of unbranched alkanes of at least 4 members (excludes halogenated alkanes) is 1. The van der Waals surface area contributed by atoms with E-state index in [1.807, 2.05) is 26.0 Å². The van der Waals surface area contributed by atoms with E-state index in [2.05, 4.69) is 15.3 Å². The lowest BCUT2D eigenvalue weighted by molar-refractivity contribution is 0.0492. The van der Waals surface area contributed by atoms with Gasteiger partial charge in [-0.15, -0.1) is 5.10 Å². The average molecular weight is 260 g/mol. The Morgan fingerprint density at radius 3 is 3.05 bits per heavy atom. The summed E-state index contributed by atoms with van der Waals surface area (Å²) in [6.07, 6.45) is 5.04. The van der Waals surface area contributed by atoms with E-state index in [1.165, 1.54) is 10.9 Å². The van der Waals surface area contributed by atoms with Crippen molar-refractivity contribution in [3.63, 3.8) is 0 Å². The molecule has 0 aliphatic heterocycles. The molecule has 0 aliphatic rings. The second kappa shape index (κ2) is 6.08. The molecule has 100 valence electrons. The molecule has 0 aromatic carbocycles. The van der Waals surface area contributed by atoms with Crippen LogP contribution in [-0.2, 0) is 4.74 Å². The van der Waals surface area contributed by atoms with Gasteiger partial charge in [-0.3, -0.25) is 0 Å². The molecule has 0 N–H and O–H groups in total. The summed E-state index contributed by atoms with van der Waals surface area (Å²) in [6, 6.07) is 3.75. The first-order valence-electron chi connectivity index (χ1n) is 6.23. The zero-order valence-electron chi connectivity index (χ0n) is 11.0. The van der Waals surface area contributed by atoms with Gasteiger partial charge in [-0.25, -0.2) is 14.5 Å². The average Bonchev–Trinajstić information content (AvgIpc) is 2.88. The number of pyridine rings is 1. The zero-order valence-corrected chi connectivity index (χ0v) is 11.0. The molecule has 0 aliphatic carbocycles. The Balaban J connectivity index is 2.08. The maximum atomic E-state index is 11.7. The SMILES string of the molecule is CCCCOC(=O)c1cn(-c2cc(C)ccn2)nn1. The molecule has 0 unspecified atom stereocenters. The fourth-order valence-corrected chi connectivity index (χ4v) is 1.50. The predicted octanol–water partition coefficient (Wildman–Crippen LogP) is 1.93. The summed E-state index contributed by atoms with van der Waals surface area (Å²) >= 11 is 0. The number of esters is 1. The van der Waals surface area contributed by atoms with Crippen molar-refractivity contribution in [3.05, 3.63) is 35.8 Å². The third-order valence-electron chi connectivity index (χ3n) is 2.57. The van der Waals surface area contributed by atoms with E-state index in [9.17, 15) is 4.79 Å². The minimum atomic E-state index is -0.452. The van der Waals surface area contributed by atoms with Crippen LogP contribution in [0.4, 0.5) is 0 Å². The van der Waals surface area contributed by atoms with Gasteiger partial charge < -0.3 is 4.74 Å². The molecule has 0 fully saturated rings. The van der Waals surface area contributed by atoms with Crippen molar-refractivity contribution in [1.82, 2.24) is 20.0 Å². The summed E-state index contributed by atoms with van der Waals surface area (Å²) in [5.41, 5.74) is 1.26. The fraction of sp³-hybridized carbons (Fsp3) is 0.385. The number of carbonyl (C=O) groups excluding carboxylic acids is 1. The fourth-order valence-electron chi connectivity index (χ4n) is 1.50. The number of nitrogens with zero attached hydrogens (tertiary/aromatic N) is 4. The van der Waals surface area contributed by atoms with Gasteiger partial charge in [0.1, 0.15) is 0 Å². The highest BCUT2D eigenvalue weighted by molar-refractivity contribution is 5.86. The van der Waals surface area contributed by atoms with E-state index in [0.29, 0.717) is 12.4 Å². The molecule has 2 rings (SSSR count). The molecule has 0 saturated carbocycles. The van der Waals surface area contributed by atoms with Crippen LogP contribution < -0.4 is 0 Å². The van der Waals surface area contributed by atoms with Crippen molar-refractivity contribution >= 4 is 5.97 Å². The molecule has 0 bridgehead atoms. The Bertz CT molecular complexity index is 565. The molecule has 0 atom stereocenters. The summed E-state index contributed by atoms with van der Waals surface area (Å²) < 4.78 is 6.53. The highest BCUT2D eigenvalue weighted by Gasteiger charge is 2.13. The van der Waals surface area contributed by atoms with E-state index in [-0.39, 0.29) is 5.69 Å². The van der Waals surface area contributed by atoms with Crippen molar-refractivity contribution in [2.75, 3.05) is 6.61 Å². The molecule has 0 saturated heterocycles. The van der Waals surface area contributed by atoms with Crippen molar-refractivity contribution < 1.29 is 9.53 Å². The van der Waals surface area contributed by atoms with Gasteiger partial charge in [0.15, 0.2) is 11.5 Å². The Kier molecular flexibility index (Phi) is 4.22. The molecule has 2 aromatic heterocycles. The molecule has 6 heteroatoms. The van der Waals surface area contributed by atoms with Crippen LogP contribution in [0, 0.1) is 6.92 Å². The molecule has 0 spiro atoms. The van der Waals surface area contributed by atoms with Gasteiger partial charge >= 0.3 is 5.97 Å². The third kappa shape index (κ3) is 3.37. The Labute approximate surface area is 111 Å². The van der Waals surface area contributed by atoms with Gasteiger partial charge in [0.25, 0.3) is 0 Å². The largest absolute Gasteiger partial charge is 0.461 e. The van der Waals surface area contributed by atoms with Crippen LogP contribution in [0.5, 0.6) is 0 Å². The van der Waals surface area contributed by atoms with Gasteiger partial charge in [0.2, 0.25) is 0 Å². The number of aryl methyl sites for hydroxylation is 1. The second-order valence-electron chi connectivity index (χ2n) is 4.23. The molecule has 6 nitrogen and oxygen atoms in total. The summed E-state index contributed by atoms with van der Waals surface area (Å²) in [7, 11) is 0. The minimum Gasteiger partial charge on any atom is -0.461 e. The Hall–Kier alpha value is -2.24. The molecule has 19 heavy (non-hydrogen) atoms. The third-order valence-corrected chi connectivity index (χ3v) is 2.57. The molecule has 2 aromatic rings. The zero-order chi connectivity index (χ0) is 13.7. The maximum Gasteiger partial charge on any atom is 0.360 e. The standard InChI is InChI=1S/C13H16N4O2/c1-3-4-7-19-13(18)11-9-17(16-15-11)12-8-10(2)5-6-14-12/h5-6,8-9H,3-4,7H2,1-2H3. The summed E-state index contributed by atoms with van der Waals surface area (Å²) in [4.78, 5) is 15.8. The van der Waals surface area contributed by atoms with Gasteiger partial charge in [-0.1, -0.05) is 18.6 Å². The number of aromatic nitrogens is 4. The first-order chi connectivity index (χ1) is 9.20. The van der Waals surface area contributed by atoms with Gasteiger partial charge in [0, 0.05) is 6.20 Å². The number of rotatable bonds is 5. The number of ether oxygens (including phenoxy) is 1. The quantitative estimate of drug-likeness (QED) is 0.607. The van der Waals surface area contributed by atoms with Crippen molar-refractivity contribution in [2.45, 2.75) is 26.7 Å². The Morgan fingerprint density at radius 1 is 1.47 bits per heavy atom. The van der Waals surface area contributed by atoms with Crippen LogP contribution in [0.15, 0.2) is 24.5 Å². The van der Waals surface area contributed by atoms with Crippen molar-refractivity contribution in [2.24, 2.45) is 0 Å². The van der Waals surface area contributed by atoms with E-state index in [0.717, 1.165) is 18.4 Å². The van der Waals surface area contributed by atoms with Crippen LogP contribution in [0.3, 0.4) is 0 Å². The van der Waals surface area contributed by atoms with Crippen LogP contribution in [0.25, 0.3) is 5.82 Å². The summed E-state index contributed by atoms with van der Waals surface area (Å²) in [5, 5.41) is 7.68. The van der Waals surface area contributed by atoms with Crippen molar-refractivity contribution in [1.29, 1.82) is 0 Å². The molecule has 2 heterocycles. The lowest BCUT2D eigenvalue weighted by Crippen LogP contribution is -2.06. The normalized spacial score (nSPS) is 10.4. The second-order valence-corrected chi connectivity index (χ2v) is 4.23. The Morgan fingerprint density at radius 2 is 2.32 bits per heavy atom. The molecular weight excluding hydrogens is 244 g/mol. The molecule has 0 radical (unpaired) electrons.